The summed E-state index contributed by atoms with van der Waals surface area (Å²) < 4.78 is 0. The summed E-state index contributed by atoms with van der Waals surface area (Å²) in [5.41, 5.74) is 3.90. The number of nitrogens with zero attached hydrogens (tertiary/aromatic N) is 2. The molecule has 0 radical (unpaired) electrons. The van der Waals surface area contributed by atoms with Crippen LogP contribution in [0.3, 0.4) is 0 Å². The monoisotopic (exact) mass is 425 g/mol. The lowest BCUT2D eigenvalue weighted by Crippen LogP contribution is -2.52. The molecule has 4 nitrogen and oxygen atoms in total. The van der Waals surface area contributed by atoms with Crippen LogP contribution in [0.5, 0.6) is 0 Å². The molecule has 2 aliphatic carbocycles. The van der Waals surface area contributed by atoms with Crippen molar-refractivity contribution in [3.8, 4) is 0 Å². The van der Waals surface area contributed by atoms with Crippen molar-refractivity contribution >= 4 is 17.5 Å². The van der Waals surface area contributed by atoms with Gasteiger partial charge in [-0.15, -0.1) is 0 Å². The Labute approximate surface area is 185 Å². The molecule has 4 aliphatic rings. The van der Waals surface area contributed by atoms with Gasteiger partial charge in [0.25, 0.3) is 0 Å². The zero-order valence-corrected chi connectivity index (χ0v) is 18.9. The number of aliphatic hydroxyl groups excluding tert-OH is 1. The SMILES string of the molecule is CSCCC(CO)N(CC1=NC2=CC=CCC2CC1)C[C@@H]1C=CC2=CC=CCC2N1. The summed E-state index contributed by atoms with van der Waals surface area (Å²) in [5.74, 6) is 1.67. The van der Waals surface area contributed by atoms with Crippen LogP contribution in [0.4, 0.5) is 0 Å². The number of aliphatic hydroxyl groups is 1. The number of allylic oxidation sites excluding steroid dienone is 6. The maximum Gasteiger partial charge on any atom is 0.0587 e. The first-order valence-corrected chi connectivity index (χ1v) is 12.7. The number of hydrogen-bond acceptors (Lipinski definition) is 5. The summed E-state index contributed by atoms with van der Waals surface area (Å²) in [6.07, 6.45) is 25.4. The molecule has 2 aliphatic heterocycles. The van der Waals surface area contributed by atoms with Crippen LogP contribution < -0.4 is 5.32 Å². The Morgan fingerprint density at radius 3 is 3.00 bits per heavy atom. The molecule has 0 aromatic rings. The lowest BCUT2D eigenvalue weighted by Gasteiger charge is -2.37. The predicted octanol–water partition coefficient (Wildman–Crippen LogP) is 3.88. The Morgan fingerprint density at radius 1 is 1.27 bits per heavy atom. The van der Waals surface area contributed by atoms with Gasteiger partial charge in [0.1, 0.15) is 0 Å². The van der Waals surface area contributed by atoms with E-state index in [9.17, 15) is 5.11 Å². The largest absolute Gasteiger partial charge is 0.395 e. The van der Waals surface area contributed by atoms with Crippen LogP contribution in [0.15, 0.2) is 64.9 Å². The molecular weight excluding hydrogens is 390 g/mol. The molecule has 3 unspecified atom stereocenters. The highest BCUT2D eigenvalue weighted by molar-refractivity contribution is 7.98. The van der Waals surface area contributed by atoms with Crippen LogP contribution in [0.2, 0.25) is 0 Å². The third-order valence-electron chi connectivity index (χ3n) is 6.64. The summed E-state index contributed by atoms with van der Waals surface area (Å²) >= 11 is 1.86. The molecule has 2 heterocycles. The first-order chi connectivity index (χ1) is 14.8. The van der Waals surface area contributed by atoms with E-state index in [0.29, 0.717) is 18.0 Å². The number of aliphatic imine (C=N–C) groups is 1. The lowest BCUT2D eigenvalue weighted by molar-refractivity contribution is 0.127. The van der Waals surface area contributed by atoms with Gasteiger partial charge in [0, 0.05) is 48.5 Å². The van der Waals surface area contributed by atoms with Crippen molar-refractivity contribution in [2.75, 3.05) is 31.7 Å². The zero-order valence-electron chi connectivity index (χ0n) is 18.0. The fourth-order valence-electron chi connectivity index (χ4n) is 4.86. The molecule has 2 N–H and O–H groups in total. The van der Waals surface area contributed by atoms with E-state index in [-0.39, 0.29) is 12.6 Å². The van der Waals surface area contributed by atoms with Gasteiger partial charge in [-0.3, -0.25) is 9.89 Å². The molecule has 4 rings (SSSR count). The van der Waals surface area contributed by atoms with E-state index in [2.05, 4.69) is 65.1 Å². The van der Waals surface area contributed by atoms with Gasteiger partial charge >= 0.3 is 0 Å². The van der Waals surface area contributed by atoms with Crippen molar-refractivity contribution in [1.29, 1.82) is 0 Å². The summed E-state index contributed by atoms with van der Waals surface area (Å²) in [4.78, 5) is 7.52. The number of rotatable bonds is 9. The fraction of sp³-hybridized carbons (Fsp3) is 0.560. The van der Waals surface area contributed by atoms with Gasteiger partial charge in [0.05, 0.1) is 6.61 Å². The molecule has 30 heavy (non-hydrogen) atoms. The molecule has 0 aromatic carbocycles. The highest BCUT2D eigenvalue weighted by Crippen LogP contribution is 2.31. The first-order valence-electron chi connectivity index (χ1n) is 11.3. The quantitative estimate of drug-likeness (QED) is 0.589. The summed E-state index contributed by atoms with van der Waals surface area (Å²) in [7, 11) is 0. The van der Waals surface area contributed by atoms with Crippen LogP contribution >= 0.6 is 11.8 Å². The van der Waals surface area contributed by atoms with Crippen LogP contribution in [-0.4, -0.2) is 65.5 Å². The van der Waals surface area contributed by atoms with Crippen LogP contribution in [0.25, 0.3) is 0 Å². The second kappa shape index (κ2) is 10.8. The molecule has 5 heteroatoms. The van der Waals surface area contributed by atoms with E-state index in [1.807, 2.05) is 11.8 Å². The number of hydrogen-bond donors (Lipinski definition) is 2. The van der Waals surface area contributed by atoms with E-state index in [0.717, 1.165) is 44.5 Å². The Balaban J connectivity index is 1.47. The maximum atomic E-state index is 10.2. The van der Waals surface area contributed by atoms with Crippen molar-refractivity contribution in [2.45, 2.75) is 50.2 Å². The molecule has 162 valence electrons. The van der Waals surface area contributed by atoms with Gasteiger partial charge in [0.2, 0.25) is 0 Å². The van der Waals surface area contributed by atoms with Gasteiger partial charge in [-0.1, -0.05) is 42.5 Å². The first kappa shape index (κ1) is 21.8. The third kappa shape index (κ3) is 5.44. The lowest BCUT2D eigenvalue weighted by atomic mass is 9.88. The van der Waals surface area contributed by atoms with Crippen LogP contribution in [-0.2, 0) is 0 Å². The highest BCUT2D eigenvalue weighted by Gasteiger charge is 2.28. The zero-order chi connectivity index (χ0) is 20.8. The van der Waals surface area contributed by atoms with Gasteiger partial charge in [-0.05, 0) is 55.8 Å². The van der Waals surface area contributed by atoms with Crippen molar-refractivity contribution in [3.05, 3.63) is 59.9 Å². The van der Waals surface area contributed by atoms with Crippen LogP contribution in [0.1, 0.15) is 32.1 Å². The van der Waals surface area contributed by atoms with Crippen molar-refractivity contribution in [1.82, 2.24) is 10.2 Å². The van der Waals surface area contributed by atoms with Gasteiger partial charge in [-0.2, -0.15) is 11.8 Å². The maximum absolute atomic E-state index is 10.2. The van der Waals surface area contributed by atoms with Crippen LogP contribution in [0, 0.1) is 5.92 Å². The Bertz CT molecular complexity index is 779. The molecule has 0 bridgehead atoms. The minimum Gasteiger partial charge on any atom is -0.395 e. The summed E-state index contributed by atoms with van der Waals surface area (Å²) in [5, 5.41) is 14.0. The van der Waals surface area contributed by atoms with Crippen molar-refractivity contribution in [3.63, 3.8) is 0 Å². The van der Waals surface area contributed by atoms with Gasteiger partial charge < -0.3 is 10.4 Å². The molecule has 0 aromatic heterocycles. The van der Waals surface area contributed by atoms with Crippen molar-refractivity contribution in [2.24, 2.45) is 10.9 Å². The average Bonchev–Trinajstić information content (AvgIpc) is 2.79. The summed E-state index contributed by atoms with van der Waals surface area (Å²) in [6.45, 7) is 1.97. The average molecular weight is 426 g/mol. The predicted molar refractivity (Wildman–Crippen MR) is 129 cm³/mol. The molecule has 4 atom stereocenters. The van der Waals surface area contributed by atoms with Gasteiger partial charge in [0.15, 0.2) is 0 Å². The van der Waals surface area contributed by atoms with E-state index in [4.69, 9.17) is 4.99 Å². The van der Waals surface area contributed by atoms with E-state index < -0.39 is 0 Å². The van der Waals surface area contributed by atoms with Crippen molar-refractivity contribution < 1.29 is 5.11 Å². The minimum absolute atomic E-state index is 0.177. The van der Waals surface area contributed by atoms with E-state index >= 15 is 0 Å². The highest BCUT2D eigenvalue weighted by atomic mass is 32.2. The Kier molecular flexibility index (Phi) is 7.83. The number of thioether (sulfide) groups is 1. The van der Waals surface area contributed by atoms with E-state index in [1.165, 1.54) is 23.4 Å². The molecular formula is C25H35N3OS. The Hall–Kier alpha value is -1.40. The number of fused-ring (bicyclic) bond motifs is 2. The van der Waals surface area contributed by atoms with E-state index in [1.54, 1.807) is 0 Å². The smallest absolute Gasteiger partial charge is 0.0587 e. The fourth-order valence-corrected chi connectivity index (χ4v) is 5.37. The Morgan fingerprint density at radius 2 is 2.13 bits per heavy atom. The molecule has 0 saturated carbocycles. The normalized spacial score (nSPS) is 28.5. The second-order valence-electron chi connectivity index (χ2n) is 8.73. The third-order valence-corrected chi connectivity index (χ3v) is 7.29. The van der Waals surface area contributed by atoms with Gasteiger partial charge in [-0.25, -0.2) is 0 Å². The molecule has 0 amide bonds. The topological polar surface area (TPSA) is 47.9 Å². The minimum atomic E-state index is 0.177. The standard InChI is InChI=1S/C25H35N3OS/c1-30-15-14-23(18-29)28(16-21-12-10-19-6-2-4-8-24(19)26-21)17-22-13-11-20-7-3-5-9-25(20)27-22/h2-6,9-10,12,20-21,23-24,26,29H,7-8,11,13-18H2,1H3/t20?,21-,23?,24?/m0/s1. The number of nitrogens with one attached hydrogen (secondary N) is 1. The second-order valence-corrected chi connectivity index (χ2v) is 9.72. The molecule has 0 spiro atoms. The summed E-state index contributed by atoms with van der Waals surface area (Å²) in [6, 6.07) is 0.893. The molecule has 0 saturated heterocycles. The molecule has 0 fully saturated rings.